The van der Waals surface area contributed by atoms with Crippen molar-refractivity contribution in [2.75, 3.05) is 20.2 Å². The molecule has 1 aromatic carbocycles. The predicted molar refractivity (Wildman–Crippen MR) is 94.4 cm³/mol. The van der Waals surface area contributed by atoms with Crippen molar-refractivity contribution in [2.24, 2.45) is 5.92 Å². The fraction of sp³-hybridized carbons (Fsp3) is 0.556. The topological polar surface area (TPSA) is 85.5 Å². The van der Waals surface area contributed by atoms with E-state index in [1.54, 1.807) is 0 Å². The third-order valence-electron chi connectivity index (χ3n) is 5.11. The minimum absolute atomic E-state index is 0.0839. The zero-order valence-corrected chi connectivity index (χ0v) is 15.9. The first kappa shape index (κ1) is 18.4. The molecule has 2 aromatic rings. The van der Waals surface area contributed by atoms with E-state index in [1.165, 1.54) is 23.5 Å². The monoisotopic (exact) mass is 395 g/mol. The van der Waals surface area contributed by atoms with Crippen LogP contribution in [-0.2, 0) is 16.4 Å². The van der Waals surface area contributed by atoms with Crippen LogP contribution in [0.5, 0.6) is 5.75 Å². The lowest BCUT2D eigenvalue weighted by Crippen LogP contribution is -2.40. The van der Waals surface area contributed by atoms with Gasteiger partial charge in [0.15, 0.2) is 5.82 Å². The van der Waals surface area contributed by atoms with Crippen LogP contribution < -0.4 is 4.74 Å². The van der Waals surface area contributed by atoms with Gasteiger partial charge in [0.1, 0.15) is 16.5 Å². The minimum Gasteiger partial charge on any atom is -0.495 e. The molecule has 2 aliphatic rings. The Morgan fingerprint density at radius 3 is 2.89 bits per heavy atom. The van der Waals surface area contributed by atoms with Crippen LogP contribution in [0, 0.1) is 11.7 Å². The molecule has 1 atom stereocenters. The summed E-state index contributed by atoms with van der Waals surface area (Å²) in [4.78, 5) is 4.30. The molecule has 0 bridgehead atoms. The molecule has 1 saturated carbocycles. The first-order chi connectivity index (χ1) is 13.0. The number of sulfonamides is 1. The zero-order chi connectivity index (χ0) is 19.0. The molecule has 146 valence electrons. The summed E-state index contributed by atoms with van der Waals surface area (Å²) in [6, 6.07) is 3.53. The largest absolute Gasteiger partial charge is 0.495 e. The number of rotatable bonds is 6. The first-order valence-electron chi connectivity index (χ1n) is 9.13. The van der Waals surface area contributed by atoms with Crippen LogP contribution >= 0.6 is 0 Å². The van der Waals surface area contributed by atoms with Crippen molar-refractivity contribution in [1.29, 1.82) is 0 Å². The van der Waals surface area contributed by atoms with Crippen molar-refractivity contribution >= 4 is 10.0 Å². The van der Waals surface area contributed by atoms with E-state index < -0.39 is 15.8 Å². The Balaban J connectivity index is 1.50. The lowest BCUT2D eigenvalue weighted by atomic mass is 9.96. The smallest absolute Gasteiger partial charge is 0.246 e. The van der Waals surface area contributed by atoms with Gasteiger partial charge >= 0.3 is 0 Å². The lowest BCUT2D eigenvalue weighted by molar-refractivity contribution is 0.246. The summed E-state index contributed by atoms with van der Waals surface area (Å²) in [5, 5.41) is 4.02. The summed E-state index contributed by atoms with van der Waals surface area (Å²) >= 11 is 0. The zero-order valence-electron chi connectivity index (χ0n) is 15.1. The van der Waals surface area contributed by atoms with Gasteiger partial charge in [-0.2, -0.15) is 9.29 Å². The SMILES string of the molecule is COc1ccc(F)cc1S(=O)(=O)N1CCC[C@H](Cc2nc(C3CC3)no2)C1. The summed E-state index contributed by atoms with van der Waals surface area (Å²) in [5.74, 6) is 1.36. The van der Waals surface area contributed by atoms with Gasteiger partial charge in [0.25, 0.3) is 0 Å². The molecule has 2 fully saturated rings. The van der Waals surface area contributed by atoms with Crippen molar-refractivity contribution in [3.63, 3.8) is 0 Å². The van der Waals surface area contributed by atoms with Gasteiger partial charge in [0, 0.05) is 25.4 Å². The Kier molecular flexibility index (Phi) is 4.90. The lowest BCUT2D eigenvalue weighted by Gasteiger charge is -2.31. The number of hydrogen-bond acceptors (Lipinski definition) is 6. The second kappa shape index (κ2) is 7.20. The summed E-state index contributed by atoms with van der Waals surface area (Å²) in [6.45, 7) is 0.735. The van der Waals surface area contributed by atoms with E-state index in [4.69, 9.17) is 9.26 Å². The fourth-order valence-electron chi connectivity index (χ4n) is 3.51. The molecule has 1 aromatic heterocycles. The number of aromatic nitrogens is 2. The van der Waals surface area contributed by atoms with E-state index in [1.807, 2.05) is 0 Å². The molecule has 2 heterocycles. The Morgan fingerprint density at radius 1 is 1.33 bits per heavy atom. The van der Waals surface area contributed by atoms with E-state index in [0.717, 1.165) is 37.6 Å². The molecule has 0 amide bonds. The molecule has 0 unspecified atom stereocenters. The van der Waals surface area contributed by atoms with Crippen LogP contribution in [0.1, 0.15) is 43.3 Å². The van der Waals surface area contributed by atoms with Gasteiger partial charge in [-0.1, -0.05) is 5.16 Å². The van der Waals surface area contributed by atoms with Crippen LogP contribution in [0.3, 0.4) is 0 Å². The number of hydrogen-bond donors (Lipinski definition) is 0. The highest BCUT2D eigenvalue weighted by Gasteiger charge is 2.34. The van der Waals surface area contributed by atoms with Crippen molar-refractivity contribution < 1.29 is 22.1 Å². The molecular formula is C18H22FN3O4S. The second-order valence-corrected chi connectivity index (χ2v) is 9.10. The number of piperidine rings is 1. The highest BCUT2D eigenvalue weighted by atomic mass is 32.2. The highest BCUT2D eigenvalue weighted by Crippen LogP contribution is 2.38. The molecule has 7 nitrogen and oxygen atoms in total. The molecule has 4 rings (SSSR count). The molecule has 9 heteroatoms. The van der Waals surface area contributed by atoms with Crippen molar-refractivity contribution in [3.05, 3.63) is 35.7 Å². The quantitative estimate of drug-likeness (QED) is 0.748. The fourth-order valence-corrected chi connectivity index (χ4v) is 5.23. The third-order valence-corrected chi connectivity index (χ3v) is 7.00. The number of halogens is 1. The predicted octanol–water partition coefficient (Wildman–Crippen LogP) is 2.74. The van der Waals surface area contributed by atoms with E-state index in [-0.39, 0.29) is 16.6 Å². The van der Waals surface area contributed by atoms with Crippen LogP contribution in [0.2, 0.25) is 0 Å². The third kappa shape index (κ3) is 3.84. The maximum absolute atomic E-state index is 13.7. The van der Waals surface area contributed by atoms with E-state index in [9.17, 15) is 12.8 Å². The van der Waals surface area contributed by atoms with Crippen LogP contribution in [0.4, 0.5) is 4.39 Å². The molecule has 0 N–H and O–H groups in total. The average Bonchev–Trinajstić information content (AvgIpc) is 3.41. The normalized spacial score (nSPS) is 21.3. The molecule has 1 aliphatic heterocycles. The van der Waals surface area contributed by atoms with Gasteiger partial charge in [-0.05, 0) is 49.8 Å². The van der Waals surface area contributed by atoms with E-state index in [0.29, 0.717) is 31.3 Å². The van der Waals surface area contributed by atoms with Gasteiger partial charge in [0.05, 0.1) is 7.11 Å². The Hall–Kier alpha value is -2.00. The Morgan fingerprint density at radius 2 is 2.15 bits per heavy atom. The van der Waals surface area contributed by atoms with Crippen LogP contribution in [-0.4, -0.2) is 43.1 Å². The molecule has 0 spiro atoms. The molecule has 27 heavy (non-hydrogen) atoms. The van der Waals surface area contributed by atoms with Crippen molar-refractivity contribution in [2.45, 2.75) is 42.9 Å². The summed E-state index contributed by atoms with van der Waals surface area (Å²) < 4.78 is 51.6. The standard InChI is InChI=1S/C18H22FN3O4S/c1-25-15-7-6-14(19)10-16(15)27(23,24)22-8-2-3-12(11-22)9-17-20-18(21-26-17)13-4-5-13/h6-7,10,12-13H,2-5,8-9,11H2,1H3/t12-/m1/s1. The number of methoxy groups -OCH3 is 1. The summed E-state index contributed by atoms with van der Waals surface area (Å²) in [5.41, 5.74) is 0. The highest BCUT2D eigenvalue weighted by molar-refractivity contribution is 7.89. The Labute approximate surface area is 157 Å². The van der Waals surface area contributed by atoms with Gasteiger partial charge < -0.3 is 9.26 Å². The number of nitrogens with zero attached hydrogens (tertiary/aromatic N) is 3. The second-order valence-electron chi connectivity index (χ2n) is 7.19. The van der Waals surface area contributed by atoms with Gasteiger partial charge in [0.2, 0.25) is 15.9 Å². The van der Waals surface area contributed by atoms with Gasteiger partial charge in [-0.25, -0.2) is 12.8 Å². The van der Waals surface area contributed by atoms with Gasteiger partial charge in [-0.3, -0.25) is 0 Å². The average molecular weight is 395 g/mol. The van der Waals surface area contributed by atoms with E-state index in [2.05, 4.69) is 10.1 Å². The Bertz CT molecular complexity index is 926. The first-order valence-corrected chi connectivity index (χ1v) is 10.6. The van der Waals surface area contributed by atoms with E-state index >= 15 is 0 Å². The number of benzene rings is 1. The van der Waals surface area contributed by atoms with Crippen LogP contribution in [0.25, 0.3) is 0 Å². The molecule has 1 saturated heterocycles. The minimum atomic E-state index is -3.85. The maximum atomic E-state index is 13.7. The van der Waals surface area contributed by atoms with Gasteiger partial charge in [-0.15, -0.1) is 0 Å². The summed E-state index contributed by atoms with van der Waals surface area (Å²) in [7, 11) is -2.48. The molecule has 0 radical (unpaired) electrons. The molecular weight excluding hydrogens is 373 g/mol. The van der Waals surface area contributed by atoms with Crippen molar-refractivity contribution in [1.82, 2.24) is 14.4 Å². The summed E-state index contributed by atoms with van der Waals surface area (Å²) in [6.07, 6.45) is 4.36. The number of ether oxygens (including phenoxy) is 1. The van der Waals surface area contributed by atoms with Crippen molar-refractivity contribution in [3.8, 4) is 5.75 Å². The molecule has 1 aliphatic carbocycles. The maximum Gasteiger partial charge on any atom is 0.246 e. The van der Waals surface area contributed by atoms with Crippen LogP contribution in [0.15, 0.2) is 27.6 Å².